The van der Waals surface area contributed by atoms with Gasteiger partial charge in [0.05, 0.1) is 18.3 Å². The normalized spacial score (nSPS) is 14.5. The van der Waals surface area contributed by atoms with Crippen molar-refractivity contribution >= 4 is 17.5 Å². The molecule has 0 saturated heterocycles. The molecule has 1 atom stereocenters. The number of hydrogen-bond acceptors (Lipinski definition) is 4. The van der Waals surface area contributed by atoms with Gasteiger partial charge in [-0.05, 0) is 30.2 Å². The van der Waals surface area contributed by atoms with Crippen LogP contribution in [0.1, 0.15) is 17.2 Å². The van der Waals surface area contributed by atoms with E-state index in [4.69, 9.17) is 4.74 Å². The number of hydrogen-bond donors (Lipinski definition) is 2. The number of benzene rings is 2. The number of aliphatic hydroxyl groups excluding tert-OH is 1. The van der Waals surface area contributed by atoms with Crippen molar-refractivity contribution in [3.05, 3.63) is 59.7 Å². The quantitative estimate of drug-likeness (QED) is 0.866. The van der Waals surface area contributed by atoms with Gasteiger partial charge in [0.1, 0.15) is 12.3 Å². The average Bonchev–Trinajstić information content (AvgIpc) is 2.63. The number of aliphatic hydroxyl groups is 1. The van der Waals surface area contributed by atoms with E-state index in [9.17, 15) is 14.7 Å². The highest BCUT2D eigenvalue weighted by molar-refractivity contribution is 6.02. The molecule has 6 nitrogen and oxygen atoms in total. The minimum absolute atomic E-state index is 0.0918. The summed E-state index contributed by atoms with van der Waals surface area (Å²) in [5, 5.41) is 12.3. The topological polar surface area (TPSA) is 78.9 Å². The summed E-state index contributed by atoms with van der Waals surface area (Å²) in [4.78, 5) is 26.1. The molecule has 2 N–H and O–H groups in total. The number of ether oxygens (including phenoxy) is 1. The van der Waals surface area contributed by atoms with Gasteiger partial charge in [0.2, 0.25) is 5.91 Å². The Balaban J connectivity index is 1.74. The standard InChI is InChI=1S/C19H20N2O4/c1-13-7-8-17-16(9-13)21(19(24)12-25-17)10-18(23)20-15(11-22)14-5-3-2-4-6-14/h2-9,15,22H,10-12H2,1H3,(H,20,23)/t15-/m1/s1. The van der Waals surface area contributed by atoms with E-state index in [1.54, 1.807) is 6.07 Å². The van der Waals surface area contributed by atoms with Gasteiger partial charge in [0, 0.05) is 0 Å². The molecule has 0 radical (unpaired) electrons. The maximum absolute atomic E-state index is 12.4. The van der Waals surface area contributed by atoms with Crippen molar-refractivity contribution in [2.45, 2.75) is 13.0 Å². The number of nitrogens with one attached hydrogen (secondary N) is 1. The number of carbonyl (C=O) groups is 2. The molecule has 0 spiro atoms. The minimum Gasteiger partial charge on any atom is -0.482 e. The molecule has 0 saturated carbocycles. The van der Waals surface area contributed by atoms with Crippen LogP contribution in [0.15, 0.2) is 48.5 Å². The van der Waals surface area contributed by atoms with Crippen LogP contribution in [0, 0.1) is 6.92 Å². The monoisotopic (exact) mass is 340 g/mol. The second-order valence-electron chi connectivity index (χ2n) is 5.95. The molecule has 0 unspecified atom stereocenters. The van der Waals surface area contributed by atoms with Gasteiger partial charge in [-0.25, -0.2) is 0 Å². The maximum Gasteiger partial charge on any atom is 0.265 e. The van der Waals surface area contributed by atoms with Crippen molar-refractivity contribution in [1.82, 2.24) is 5.32 Å². The number of nitrogens with zero attached hydrogens (tertiary/aromatic N) is 1. The van der Waals surface area contributed by atoms with E-state index in [1.807, 2.05) is 49.4 Å². The maximum atomic E-state index is 12.4. The van der Waals surface area contributed by atoms with Crippen LogP contribution in [0.4, 0.5) is 5.69 Å². The summed E-state index contributed by atoms with van der Waals surface area (Å²) >= 11 is 0. The molecular formula is C19H20N2O4. The third-order valence-electron chi connectivity index (χ3n) is 4.08. The number of rotatable bonds is 5. The van der Waals surface area contributed by atoms with Gasteiger partial charge in [-0.3, -0.25) is 14.5 Å². The third kappa shape index (κ3) is 3.80. The summed E-state index contributed by atoms with van der Waals surface area (Å²) in [6.07, 6.45) is 0. The zero-order chi connectivity index (χ0) is 17.8. The predicted octanol–water partition coefficient (Wildman–Crippen LogP) is 1.57. The molecule has 0 aliphatic carbocycles. The predicted molar refractivity (Wildman–Crippen MR) is 93.4 cm³/mol. The number of anilines is 1. The Hall–Kier alpha value is -2.86. The van der Waals surface area contributed by atoms with Crippen LogP contribution >= 0.6 is 0 Å². The van der Waals surface area contributed by atoms with Crippen LogP contribution in [0.25, 0.3) is 0 Å². The molecule has 1 aliphatic heterocycles. The van der Waals surface area contributed by atoms with Gasteiger partial charge in [0.25, 0.3) is 5.91 Å². The number of amides is 2. The van der Waals surface area contributed by atoms with E-state index in [-0.39, 0.29) is 31.6 Å². The zero-order valence-corrected chi connectivity index (χ0v) is 13.9. The van der Waals surface area contributed by atoms with Crippen LogP contribution in [-0.2, 0) is 9.59 Å². The molecule has 3 rings (SSSR count). The Kier molecular flexibility index (Phi) is 5.00. The summed E-state index contributed by atoms with van der Waals surface area (Å²) in [6.45, 7) is 1.48. The second kappa shape index (κ2) is 7.36. The lowest BCUT2D eigenvalue weighted by atomic mass is 10.1. The van der Waals surface area contributed by atoms with Crippen LogP contribution in [0.5, 0.6) is 5.75 Å². The van der Waals surface area contributed by atoms with Crippen LogP contribution < -0.4 is 15.0 Å². The van der Waals surface area contributed by atoms with Gasteiger partial charge in [-0.15, -0.1) is 0 Å². The molecule has 0 bridgehead atoms. The Morgan fingerprint density at radius 1 is 1.28 bits per heavy atom. The largest absolute Gasteiger partial charge is 0.482 e. The van der Waals surface area contributed by atoms with E-state index in [2.05, 4.69) is 5.32 Å². The lowest BCUT2D eigenvalue weighted by Gasteiger charge is -2.29. The molecule has 2 aromatic rings. The molecule has 6 heteroatoms. The second-order valence-corrected chi connectivity index (χ2v) is 5.95. The summed E-state index contributed by atoms with van der Waals surface area (Å²) < 4.78 is 5.41. The van der Waals surface area contributed by atoms with Crippen molar-refractivity contribution in [2.75, 3.05) is 24.7 Å². The molecular weight excluding hydrogens is 320 g/mol. The van der Waals surface area contributed by atoms with Crippen molar-refractivity contribution in [3.63, 3.8) is 0 Å². The number of aryl methyl sites for hydroxylation is 1. The summed E-state index contributed by atoms with van der Waals surface area (Å²) in [6, 6.07) is 14.2. The van der Waals surface area contributed by atoms with Crippen LogP contribution in [-0.4, -0.2) is 36.7 Å². The van der Waals surface area contributed by atoms with E-state index >= 15 is 0 Å². The highest BCUT2D eigenvalue weighted by atomic mass is 16.5. The molecule has 1 aliphatic rings. The molecule has 0 aromatic heterocycles. The Morgan fingerprint density at radius 3 is 2.76 bits per heavy atom. The zero-order valence-electron chi connectivity index (χ0n) is 13.9. The Morgan fingerprint density at radius 2 is 2.04 bits per heavy atom. The fourth-order valence-electron chi connectivity index (χ4n) is 2.79. The lowest BCUT2D eigenvalue weighted by molar-refractivity contribution is -0.125. The first-order valence-electron chi connectivity index (χ1n) is 8.07. The molecule has 1 heterocycles. The first-order valence-corrected chi connectivity index (χ1v) is 8.07. The van der Waals surface area contributed by atoms with Crippen molar-refractivity contribution < 1.29 is 19.4 Å². The smallest absolute Gasteiger partial charge is 0.265 e. The summed E-state index contributed by atoms with van der Waals surface area (Å²) in [5.74, 6) is -0.0288. The molecule has 130 valence electrons. The van der Waals surface area contributed by atoms with E-state index in [0.29, 0.717) is 11.4 Å². The fraction of sp³-hybridized carbons (Fsp3) is 0.263. The molecule has 2 aromatic carbocycles. The van der Waals surface area contributed by atoms with Gasteiger partial charge in [0.15, 0.2) is 6.61 Å². The van der Waals surface area contributed by atoms with Crippen molar-refractivity contribution in [3.8, 4) is 5.75 Å². The number of fused-ring (bicyclic) bond motifs is 1. The van der Waals surface area contributed by atoms with E-state index < -0.39 is 6.04 Å². The summed E-state index contributed by atoms with van der Waals surface area (Å²) in [5.41, 5.74) is 2.37. The van der Waals surface area contributed by atoms with Crippen molar-refractivity contribution in [1.29, 1.82) is 0 Å². The van der Waals surface area contributed by atoms with Gasteiger partial charge >= 0.3 is 0 Å². The van der Waals surface area contributed by atoms with Gasteiger partial charge < -0.3 is 15.2 Å². The first kappa shape index (κ1) is 17.0. The minimum atomic E-state index is -0.512. The highest BCUT2D eigenvalue weighted by Crippen LogP contribution is 2.32. The average molecular weight is 340 g/mol. The lowest BCUT2D eigenvalue weighted by Crippen LogP contribution is -2.46. The summed E-state index contributed by atoms with van der Waals surface area (Å²) in [7, 11) is 0. The Bertz CT molecular complexity index is 776. The van der Waals surface area contributed by atoms with Crippen LogP contribution in [0.3, 0.4) is 0 Å². The first-order chi connectivity index (χ1) is 12.1. The molecule has 0 fully saturated rings. The highest BCUT2D eigenvalue weighted by Gasteiger charge is 2.28. The van der Waals surface area contributed by atoms with Crippen molar-refractivity contribution in [2.24, 2.45) is 0 Å². The fourth-order valence-corrected chi connectivity index (χ4v) is 2.79. The molecule has 2 amide bonds. The van der Waals surface area contributed by atoms with E-state index in [0.717, 1.165) is 11.1 Å². The third-order valence-corrected chi connectivity index (χ3v) is 4.08. The van der Waals surface area contributed by atoms with Gasteiger partial charge in [-0.1, -0.05) is 36.4 Å². The number of carbonyl (C=O) groups excluding carboxylic acids is 2. The van der Waals surface area contributed by atoms with Crippen LogP contribution in [0.2, 0.25) is 0 Å². The SMILES string of the molecule is Cc1ccc2c(c1)N(CC(=O)N[C@H](CO)c1ccccc1)C(=O)CO2. The molecule has 25 heavy (non-hydrogen) atoms. The van der Waals surface area contributed by atoms with E-state index in [1.165, 1.54) is 4.90 Å². The Labute approximate surface area is 146 Å². The van der Waals surface area contributed by atoms with Gasteiger partial charge in [-0.2, -0.15) is 0 Å².